The fourth-order valence-corrected chi connectivity index (χ4v) is 6.91. The Kier molecular flexibility index (Phi) is 4.00. The van der Waals surface area contributed by atoms with Gasteiger partial charge in [0.25, 0.3) is 11.8 Å². The molecule has 3 aromatic carbocycles. The molecule has 0 unspecified atom stereocenters. The zero-order valence-corrected chi connectivity index (χ0v) is 19.5. The fourth-order valence-electron chi connectivity index (χ4n) is 6.91. The van der Waals surface area contributed by atoms with Crippen molar-refractivity contribution in [3.05, 3.63) is 59.7 Å². The Bertz CT molecular complexity index is 1850. The van der Waals surface area contributed by atoms with Crippen LogP contribution in [0.3, 0.4) is 0 Å². The molecule has 5 aromatic rings. The Hall–Kier alpha value is -3.80. The van der Waals surface area contributed by atoms with E-state index in [4.69, 9.17) is 9.47 Å². The molecule has 2 amide bonds. The van der Waals surface area contributed by atoms with Gasteiger partial charge < -0.3 is 28.8 Å². The number of carbonyl (C=O) groups is 2. The highest BCUT2D eigenvalue weighted by Crippen LogP contribution is 2.54. The van der Waals surface area contributed by atoms with E-state index in [0.717, 1.165) is 21.8 Å². The van der Waals surface area contributed by atoms with E-state index in [-0.39, 0.29) is 22.8 Å². The molecule has 0 spiro atoms. The van der Waals surface area contributed by atoms with Gasteiger partial charge in [-0.25, -0.2) is 0 Å². The zero-order chi connectivity index (χ0) is 25.3. The highest BCUT2D eigenvalue weighted by atomic mass is 16.6. The molecule has 8 rings (SSSR count). The topological polar surface area (TPSA) is 126 Å². The number of methoxy groups -OCH3 is 1. The SMILES string of the molecule is CO[C@H]1[C@H](O)[C@H]2[C@@H](O[C@@H]1CO)n1c3ccccc3c3c4c(c5c6ccccc6n2c5c31)C(=O)N(O)C4=O. The molecule has 5 heterocycles. The van der Waals surface area contributed by atoms with E-state index in [9.17, 15) is 25.0 Å². The van der Waals surface area contributed by atoms with Gasteiger partial charge in [0.15, 0.2) is 6.23 Å². The maximum atomic E-state index is 13.3. The normalized spacial score (nSPS) is 26.8. The van der Waals surface area contributed by atoms with Crippen molar-refractivity contribution < 1.29 is 34.5 Å². The number of rotatable bonds is 2. The molecule has 1 saturated heterocycles. The molecule has 3 aliphatic rings. The monoisotopic (exact) mass is 499 g/mol. The van der Waals surface area contributed by atoms with Gasteiger partial charge in [-0.3, -0.25) is 14.8 Å². The third-order valence-electron chi connectivity index (χ3n) is 8.27. The van der Waals surface area contributed by atoms with Crippen LogP contribution in [0.1, 0.15) is 33.0 Å². The van der Waals surface area contributed by atoms with Gasteiger partial charge in [-0.15, -0.1) is 5.06 Å². The number of carbonyl (C=O) groups excluding carboxylic acids is 2. The van der Waals surface area contributed by atoms with Crippen LogP contribution in [0, 0.1) is 0 Å². The lowest BCUT2D eigenvalue weighted by Crippen LogP contribution is -2.55. The number of hydrogen-bond acceptors (Lipinski definition) is 7. The summed E-state index contributed by atoms with van der Waals surface area (Å²) in [5.74, 6) is -1.56. The van der Waals surface area contributed by atoms with Crippen LogP contribution in [0.5, 0.6) is 0 Å². The second-order valence-electron chi connectivity index (χ2n) is 9.82. The van der Waals surface area contributed by atoms with Crippen LogP contribution < -0.4 is 0 Å². The van der Waals surface area contributed by atoms with Crippen molar-refractivity contribution in [3.63, 3.8) is 0 Å². The highest BCUT2D eigenvalue weighted by molar-refractivity contribution is 6.39. The van der Waals surface area contributed by atoms with Crippen LogP contribution in [0.2, 0.25) is 0 Å². The summed E-state index contributed by atoms with van der Waals surface area (Å²) in [5.41, 5.74) is 3.13. The number of hydrogen-bond donors (Lipinski definition) is 3. The molecule has 0 saturated carbocycles. The number of hydroxylamine groups is 2. The van der Waals surface area contributed by atoms with E-state index in [0.29, 0.717) is 21.8 Å². The Balaban J connectivity index is 1.67. The molecule has 10 heteroatoms. The summed E-state index contributed by atoms with van der Waals surface area (Å²) in [4.78, 5) is 26.6. The summed E-state index contributed by atoms with van der Waals surface area (Å²) in [6.07, 6.45) is -3.40. The number of ether oxygens (including phenoxy) is 2. The van der Waals surface area contributed by atoms with Gasteiger partial charge in [0.1, 0.15) is 24.4 Å². The lowest BCUT2D eigenvalue weighted by molar-refractivity contribution is -0.231. The molecule has 3 aliphatic heterocycles. The Labute approximate surface area is 208 Å². The molecule has 2 aromatic heterocycles. The van der Waals surface area contributed by atoms with Crippen molar-refractivity contribution in [1.29, 1.82) is 0 Å². The van der Waals surface area contributed by atoms with Crippen LogP contribution in [0.4, 0.5) is 0 Å². The summed E-state index contributed by atoms with van der Waals surface area (Å²) in [6, 6.07) is 14.3. The number of aromatic nitrogens is 2. The van der Waals surface area contributed by atoms with Crippen LogP contribution in [-0.4, -0.2) is 73.5 Å². The van der Waals surface area contributed by atoms with E-state index in [1.807, 2.05) is 57.7 Å². The summed E-state index contributed by atoms with van der Waals surface area (Å²) < 4.78 is 16.0. The smallest absolute Gasteiger partial charge is 0.286 e. The van der Waals surface area contributed by atoms with E-state index < -0.39 is 42.4 Å². The molecule has 37 heavy (non-hydrogen) atoms. The molecule has 0 radical (unpaired) electrons. The van der Waals surface area contributed by atoms with E-state index in [1.54, 1.807) is 0 Å². The number of nitrogens with zero attached hydrogens (tertiary/aromatic N) is 3. The van der Waals surface area contributed by atoms with Crippen LogP contribution in [0.25, 0.3) is 43.6 Å². The summed E-state index contributed by atoms with van der Waals surface area (Å²) in [7, 11) is 1.47. The van der Waals surface area contributed by atoms with Crippen molar-refractivity contribution >= 4 is 55.4 Å². The fraction of sp³-hybridized carbons (Fsp3) is 0.259. The molecular formula is C27H21N3O7. The maximum absolute atomic E-state index is 13.3. The van der Waals surface area contributed by atoms with Gasteiger partial charge in [-0.1, -0.05) is 36.4 Å². The standard InChI is InChI=1S/C27H21N3O7/c1-36-24-15(10-31)37-27-22(23(24)32)28-13-8-4-2-6-11(13)16-18-19(26(34)30(35)25(18)33)17-12-7-3-5-9-14(12)29(27)21(17)20(16)28/h2-9,15,22-24,27,31-32,35H,10H2,1H3/t15-,22+,23-,24-,27-/m1/s1. The highest BCUT2D eigenvalue weighted by Gasteiger charge is 2.52. The first-order chi connectivity index (χ1) is 18.0. The third kappa shape index (κ3) is 2.25. The molecule has 3 N–H and O–H groups in total. The quantitative estimate of drug-likeness (QED) is 0.252. The van der Waals surface area contributed by atoms with Crippen LogP contribution in [0.15, 0.2) is 48.5 Å². The Morgan fingerprint density at radius 2 is 1.43 bits per heavy atom. The van der Waals surface area contributed by atoms with E-state index >= 15 is 0 Å². The van der Waals surface area contributed by atoms with Gasteiger partial charge in [0, 0.05) is 34.2 Å². The minimum absolute atomic E-state index is 0.147. The average molecular weight is 499 g/mol. The molecule has 10 nitrogen and oxygen atoms in total. The number of benzene rings is 3. The number of amides is 2. The van der Waals surface area contributed by atoms with E-state index in [2.05, 4.69) is 0 Å². The van der Waals surface area contributed by atoms with Gasteiger partial charge >= 0.3 is 0 Å². The first kappa shape index (κ1) is 21.3. The van der Waals surface area contributed by atoms with Crippen LogP contribution in [-0.2, 0) is 9.47 Å². The van der Waals surface area contributed by atoms with Crippen molar-refractivity contribution in [2.24, 2.45) is 0 Å². The molecule has 0 bridgehead atoms. The minimum Gasteiger partial charge on any atom is -0.394 e. The summed E-state index contributed by atoms with van der Waals surface area (Å²) >= 11 is 0. The predicted octanol–water partition coefficient (Wildman–Crippen LogP) is 2.71. The number of imide groups is 1. The Morgan fingerprint density at radius 3 is 2.00 bits per heavy atom. The predicted molar refractivity (Wildman–Crippen MR) is 132 cm³/mol. The van der Waals surface area contributed by atoms with Gasteiger partial charge in [0.05, 0.1) is 34.3 Å². The second kappa shape index (κ2) is 6.94. The molecular weight excluding hydrogens is 478 g/mol. The molecule has 1 fully saturated rings. The number of para-hydroxylation sites is 2. The maximum Gasteiger partial charge on any atom is 0.286 e. The van der Waals surface area contributed by atoms with Crippen molar-refractivity contribution in [1.82, 2.24) is 14.2 Å². The number of aliphatic hydroxyl groups is 2. The van der Waals surface area contributed by atoms with Crippen molar-refractivity contribution in [2.75, 3.05) is 13.7 Å². The first-order valence-electron chi connectivity index (χ1n) is 12.1. The number of aliphatic hydroxyl groups excluding tert-OH is 2. The Morgan fingerprint density at radius 1 is 0.892 bits per heavy atom. The van der Waals surface area contributed by atoms with Gasteiger partial charge in [-0.05, 0) is 12.1 Å². The summed E-state index contributed by atoms with van der Waals surface area (Å²) in [5, 5.41) is 35.0. The number of fused-ring (bicyclic) bond motifs is 12. The average Bonchev–Trinajstić information content (AvgIpc) is 3.51. The lowest BCUT2D eigenvalue weighted by Gasteiger charge is -2.47. The summed E-state index contributed by atoms with van der Waals surface area (Å²) in [6.45, 7) is -0.355. The van der Waals surface area contributed by atoms with Crippen molar-refractivity contribution in [3.8, 4) is 0 Å². The molecule has 186 valence electrons. The third-order valence-corrected chi connectivity index (χ3v) is 8.27. The minimum atomic E-state index is -1.07. The molecule has 0 aliphatic carbocycles. The van der Waals surface area contributed by atoms with Gasteiger partial charge in [0.2, 0.25) is 0 Å². The largest absolute Gasteiger partial charge is 0.394 e. The lowest BCUT2D eigenvalue weighted by atomic mass is 9.93. The second-order valence-corrected chi connectivity index (χ2v) is 9.82. The molecule has 5 atom stereocenters. The van der Waals surface area contributed by atoms with E-state index in [1.165, 1.54) is 7.11 Å². The first-order valence-corrected chi connectivity index (χ1v) is 12.1. The van der Waals surface area contributed by atoms with Crippen LogP contribution >= 0.6 is 0 Å². The van der Waals surface area contributed by atoms with Gasteiger partial charge in [-0.2, -0.15) is 0 Å². The zero-order valence-electron chi connectivity index (χ0n) is 19.5. The van der Waals surface area contributed by atoms with Crippen molar-refractivity contribution in [2.45, 2.75) is 30.6 Å².